The molecule has 1 heterocycles. The number of carbonyl (C=O) groups is 2. The number of nitrogens with zero attached hydrogens (tertiary/aromatic N) is 1. The first-order valence-corrected chi connectivity index (χ1v) is 8.30. The minimum Gasteiger partial charge on any atom is -0.495 e. The fourth-order valence-corrected chi connectivity index (χ4v) is 3.08. The molecule has 0 spiro atoms. The third-order valence-electron chi connectivity index (χ3n) is 3.50. The number of hydrogen-bond acceptors (Lipinski definition) is 4. The second-order valence-corrected chi connectivity index (χ2v) is 7.24. The van der Waals surface area contributed by atoms with Crippen LogP contribution in [0.25, 0.3) is 0 Å². The Kier molecular flexibility index (Phi) is 5.01. The van der Waals surface area contributed by atoms with Crippen molar-refractivity contribution in [2.75, 3.05) is 30.6 Å². The van der Waals surface area contributed by atoms with Crippen molar-refractivity contribution >= 4 is 29.3 Å². The van der Waals surface area contributed by atoms with Crippen LogP contribution in [0.3, 0.4) is 0 Å². The molecule has 1 aliphatic rings. The van der Waals surface area contributed by atoms with Gasteiger partial charge < -0.3 is 15.0 Å². The first-order chi connectivity index (χ1) is 10.3. The number of rotatable bonds is 4. The zero-order chi connectivity index (χ0) is 16.3. The van der Waals surface area contributed by atoms with Crippen LogP contribution in [0.15, 0.2) is 18.2 Å². The van der Waals surface area contributed by atoms with Crippen molar-refractivity contribution in [3.05, 3.63) is 23.8 Å². The standard InChI is InChI=1S/C16H22N2O3S/c1-16(2,3)11-5-6-13(21-4)12(7-11)17-14(19)8-18-10-22-9-15(18)20/h5-7H,8-10H2,1-4H3,(H,17,19). The van der Waals surface area contributed by atoms with E-state index in [0.717, 1.165) is 5.56 Å². The lowest BCUT2D eigenvalue weighted by Gasteiger charge is -2.21. The molecule has 0 atom stereocenters. The van der Waals surface area contributed by atoms with E-state index < -0.39 is 0 Å². The van der Waals surface area contributed by atoms with Gasteiger partial charge in [-0.1, -0.05) is 26.8 Å². The average molecular weight is 322 g/mol. The van der Waals surface area contributed by atoms with E-state index in [1.165, 1.54) is 11.8 Å². The van der Waals surface area contributed by atoms with Crippen molar-refractivity contribution < 1.29 is 14.3 Å². The Morgan fingerprint density at radius 3 is 2.68 bits per heavy atom. The molecule has 0 radical (unpaired) electrons. The summed E-state index contributed by atoms with van der Waals surface area (Å²) in [5, 5.41) is 2.85. The molecule has 0 unspecified atom stereocenters. The van der Waals surface area contributed by atoms with Gasteiger partial charge in [0.25, 0.3) is 0 Å². The predicted molar refractivity (Wildman–Crippen MR) is 89.4 cm³/mol. The second-order valence-electron chi connectivity index (χ2n) is 6.28. The maximum Gasteiger partial charge on any atom is 0.244 e. The second kappa shape index (κ2) is 6.60. The van der Waals surface area contributed by atoms with Gasteiger partial charge in [-0.3, -0.25) is 9.59 Å². The van der Waals surface area contributed by atoms with Crippen LogP contribution in [-0.4, -0.2) is 42.0 Å². The summed E-state index contributed by atoms with van der Waals surface area (Å²) in [5.41, 5.74) is 1.73. The maximum atomic E-state index is 12.2. The van der Waals surface area contributed by atoms with Gasteiger partial charge in [-0.2, -0.15) is 0 Å². The molecule has 1 N–H and O–H groups in total. The van der Waals surface area contributed by atoms with Gasteiger partial charge in [-0.15, -0.1) is 11.8 Å². The topological polar surface area (TPSA) is 58.6 Å². The van der Waals surface area contributed by atoms with E-state index in [1.807, 2.05) is 18.2 Å². The minimum atomic E-state index is -0.208. The third-order valence-corrected chi connectivity index (χ3v) is 4.44. The van der Waals surface area contributed by atoms with Crippen LogP contribution < -0.4 is 10.1 Å². The van der Waals surface area contributed by atoms with Gasteiger partial charge in [0.05, 0.1) is 24.4 Å². The van der Waals surface area contributed by atoms with Gasteiger partial charge in [-0.05, 0) is 23.1 Å². The van der Waals surface area contributed by atoms with E-state index in [9.17, 15) is 9.59 Å². The molecule has 120 valence electrons. The molecule has 0 aromatic heterocycles. The molecule has 1 fully saturated rings. The van der Waals surface area contributed by atoms with E-state index in [2.05, 4.69) is 26.1 Å². The number of methoxy groups -OCH3 is 1. The smallest absolute Gasteiger partial charge is 0.244 e. The summed E-state index contributed by atoms with van der Waals surface area (Å²) in [6, 6.07) is 5.78. The van der Waals surface area contributed by atoms with Crippen LogP contribution in [-0.2, 0) is 15.0 Å². The molecular weight excluding hydrogens is 300 g/mol. The van der Waals surface area contributed by atoms with Crippen LogP contribution in [0.4, 0.5) is 5.69 Å². The highest BCUT2D eigenvalue weighted by Crippen LogP contribution is 2.31. The maximum absolute atomic E-state index is 12.2. The molecule has 1 aromatic carbocycles. The third kappa shape index (κ3) is 3.94. The van der Waals surface area contributed by atoms with E-state index in [-0.39, 0.29) is 23.8 Å². The van der Waals surface area contributed by atoms with Crippen molar-refractivity contribution in [1.82, 2.24) is 4.90 Å². The number of amides is 2. The van der Waals surface area contributed by atoms with Crippen molar-refractivity contribution in [2.24, 2.45) is 0 Å². The molecule has 22 heavy (non-hydrogen) atoms. The van der Waals surface area contributed by atoms with Crippen LogP contribution in [0.2, 0.25) is 0 Å². The SMILES string of the molecule is COc1ccc(C(C)(C)C)cc1NC(=O)CN1CSCC1=O. The molecule has 6 heteroatoms. The summed E-state index contributed by atoms with van der Waals surface area (Å²) in [5.74, 6) is 1.45. The van der Waals surface area contributed by atoms with Gasteiger partial charge in [0.1, 0.15) is 12.3 Å². The van der Waals surface area contributed by atoms with Crippen LogP contribution in [0.1, 0.15) is 26.3 Å². The van der Waals surface area contributed by atoms with E-state index in [1.54, 1.807) is 12.0 Å². The molecular formula is C16H22N2O3S. The lowest BCUT2D eigenvalue weighted by molar-refractivity contribution is -0.130. The molecule has 2 rings (SSSR count). The van der Waals surface area contributed by atoms with Crippen LogP contribution in [0.5, 0.6) is 5.75 Å². The summed E-state index contributed by atoms with van der Waals surface area (Å²) in [7, 11) is 1.57. The Labute approximate surface area is 135 Å². The van der Waals surface area contributed by atoms with E-state index >= 15 is 0 Å². The van der Waals surface area contributed by atoms with Crippen LogP contribution in [0, 0.1) is 0 Å². The first kappa shape index (κ1) is 16.7. The van der Waals surface area contributed by atoms with Gasteiger partial charge in [-0.25, -0.2) is 0 Å². The molecule has 5 nitrogen and oxygen atoms in total. The zero-order valence-electron chi connectivity index (χ0n) is 13.4. The number of carbonyl (C=O) groups excluding carboxylic acids is 2. The first-order valence-electron chi connectivity index (χ1n) is 7.15. The fourth-order valence-electron chi connectivity index (χ4n) is 2.18. The predicted octanol–water partition coefficient (Wildman–Crippen LogP) is 2.46. The quantitative estimate of drug-likeness (QED) is 0.925. The van der Waals surface area contributed by atoms with Gasteiger partial charge >= 0.3 is 0 Å². The number of ether oxygens (including phenoxy) is 1. The molecule has 2 amide bonds. The summed E-state index contributed by atoms with van der Waals surface area (Å²) in [4.78, 5) is 25.3. The number of anilines is 1. The number of thioether (sulfide) groups is 1. The molecule has 0 saturated carbocycles. The molecule has 1 aliphatic heterocycles. The Morgan fingerprint density at radius 2 is 2.14 bits per heavy atom. The molecule has 1 saturated heterocycles. The van der Waals surface area contributed by atoms with Crippen molar-refractivity contribution in [1.29, 1.82) is 0 Å². The zero-order valence-corrected chi connectivity index (χ0v) is 14.3. The lowest BCUT2D eigenvalue weighted by Crippen LogP contribution is -2.34. The fraction of sp³-hybridized carbons (Fsp3) is 0.500. The highest BCUT2D eigenvalue weighted by atomic mass is 32.2. The molecule has 0 bridgehead atoms. The Balaban J connectivity index is 2.13. The van der Waals surface area contributed by atoms with Gasteiger partial charge in [0.15, 0.2) is 0 Å². The van der Waals surface area contributed by atoms with Gasteiger partial charge in [0, 0.05) is 0 Å². The molecule has 0 aliphatic carbocycles. The summed E-state index contributed by atoms with van der Waals surface area (Å²) >= 11 is 1.52. The van der Waals surface area contributed by atoms with Gasteiger partial charge in [0.2, 0.25) is 11.8 Å². The normalized spacial score (nSPS) is 15.1. The van der Waals surface area contributed by atoms with E-state index in [0.29, 0.717) is 23.1 Å². The number of hydrogen-bond donors (Lipinski definition) is 1. The highest BCUT2D eigenvalue weighted by molar-refractivity contribution is 8.00. The Morgan fingerprint density at radius 1 is 1.41 bits per heavy atom. The van der Waals surface area contributed by atoms with Crippen molar-refractivity contribution in [2.45, 2.75) is 26.2 Å². The summed E-state index contributed by atoms with van der Waals surface area (Å²) in [6.45, 7) is 6.41. The van der Waals surface area contributed by atoms with Crippen LogP contribution >= 0.6 is 11.8 Å². The largest absolute Gasteiger partial charge is 0.495 e. The van der Waals surface area contributed by atoms with E-state index in [4.69, 9.17) is 4.74 Å². The Bertz CT molecular complexity index is 581. The summed E-state index contributed by atoms with van der Waals surface area (Å²) < 4.78 is 5.31. The van der Waals surface area contributed by atoms with Crippen molar-refractivity contribution in [3.8, 4) is 5.75 Å². The number of benzene rings is 1. The minimum absolute atomic E-state index is 0.00978. The molecule has 1 aromatic rings. The average Bonchev–Trinajstić information content (AvgIpc) is 2.83. The lowest BCUT2D eigenvalue weighted by atomic mass is 9.87. The number of nitrogens with one attached hydrogen (secondary N) is 1. The Hall–Kier alpha value is -1.69. The van der Waals surface area contributed by atoms with Crippen molar-refractivity contribution in [3.63, 3.8) is 0 Å². The highest BCUT2D eigenvalue weighted by Gasteiger charge is 2.23. The monoisotopic (exact) mass is 322 g/mol. The summed E-state index contributed by atoms with van der Waals surface area (Å²) in [6.07, 6.45) is 0.